The quantitative estimate of drug-likeness (QED) is 0.845. The summed E-state index contributed by atoms with van der Waals surface area (Å²) in [7, 11) is 0. The molecule has 0 fully saturated rings. The third-order valence-electron chi connectivity index (χ3n) is 3.25. The van der Waals surface area contributed by atoms with Crippen molar-refractivity contribution in [3.8, 4) is 5.69 Å². The summed E-state index contributed by atoms with van der Waals surface area (Å²) in [5.41, 5.74) is 2.14. The van der Waals surface area contributed by atoms with E-state index in [2.05, 4.69) is 22.2 Å². The fourth-order valence-corrected chi connectivity index (χ4v) is 2.16. The highest BCUT2D eigenvalue weighted by Gasteiger charge is 2.10. The van der Waals surface area contributed by atoms with Gasteiger partial charge in [0.2, 0.25) is 5.91 Å². The standard InChI is InChI=1S/C16H22N4O/c1-3-17-16(21)13-19(4-2)11-14-10-18-20(12-14)15-8-6-5-7-9-15/h5-10,12H,3-4,11,13H2,1-2H3,(H,17,21). The number of likely N-dealkylation sites (N-methyl/N-ethyl adjacent to an activating group) is 2. The van der Waals surface area contributed by atoms with Crippen LogP contribution in [0.1, 0.15) is 19.4 Å². The van der Waals surface area contributed by atoms with Crippen molar-refractivity contribution >= 4 is 5.91 Å². The van der Waals surface area contributed by atoms with Crippen molar-refractivity contribution < 1.29 is 4.79 Å². The number of carbonyl (C=O) groups excluding carboxylic acids is 1. The molecule has 0 aliphatic rings. The minimum absolute atomic E-state index is 0.0646. The van der Waals surface area contributed by atoms with Gasteiger partial charge in [0, 0.05) is 24.8 Å². The first kappa shape index (κ1) is 15.3. The first-order valence-electron chi connectivity index (χ1n) is 7.31. The molecule has 112 valence electrons. The average molecular weight is 286 g/mol. The van der Waals surface area contributed by atoms with Crippen LogP contribution in [0.3, 0.4) is 0 Å². The third-order valence-corrected chi connectivity index (χ3v) is 3.25. The highest BCUT2D eigenvalue weighted by atomic mass is 16.2. The predicted octanol–water partition coefficient (Wildman–Crippen LogP) is 1.83. The maximum Gasteiger partial charge on any atom is 0.234 e. The number of nitrogens with one attached hydrogen (secondary N) is 1. The van der Waals surface area contributed by atoms with Crippen molar-refractivity contribution in [2.75, 3.05) is 19.6 Å². The van der Waals surface area contributed by atoms with Gasteiger partial charge in [-0.2, -0.15) is 5.10 Å². The van der Waals surface area contributed by atoms with E-state index >= 15 is 0 Å². The summed E-state index contributed by atoms with van der Waals surface area (Å²) < 4.78 is 1.86. The van der Waals surface area contributed by atoms with Crippen molar-refractivity contribution in [1.82, 2.24) is 20.0 Å². The van der Waals surface area contributed by atoms with Crippen molar-refractivity contribution in [2.45, 2.75) is 20.4 Å². The smallest absolute Gasteiger partial charge is 0.234 e. The average Bonchev–Trinajstić information content (AvgIpc) is 2.96. The molecular formula is C16H22N4O. The molecule has 0 spiro atoms. The van der Waals surface area contributed by atoms with E-state index in [4.69, 9.17) is 0 Å². The van der Waals surface area contributed by atoms with Crippen LogP contribution in [0.4, 0.5) is 0 Å². The van der Waals surface area contributed by atoms with E-state index in [0.29, 0.717) is 13.1 Å². The second kappa shape index (κ2) is 7.59. The van der Waals surface area contributed by atoms with E-state index in [0.717, 1.165) is 24.3 Å². The maximum absolute atomic E-state index is 11.7. The molecule has 5 nitrogen and oxygen atoms in total. The van der Waals surface area contributed by atoms with Gasteiger partial charge in [-0.3, -0.25) is 9.69 Å². The molecule has 0 aliphatic heterocycles. The molecule has 1 heterocycles. The second-order valence-electron chi connectivity index (χ2n) is 4.89. The Kier molecular flexibility index (Phi) is 5.51. The number of hydrogen-bond acceptors (Lipinski definition) is 3. The summed E-state index contributed by atoms with van der Waals surface area (Å²) in [6, 6.07) is 10.00. The van der Waals surface area contributed by atoms with Crippen LogP contribution in [0, 0.1) is 0 Å². The van der Waals surface area contributed by atoms with Gasteiger partial charge in [0.05, 0.1) is 18.4 Å². The Bertz CT molecular complexity index is 565. The molecule has 1 N–H and O–H groups in total. The largest absolute Gasteiger partial charge is 0.355 e. The molecule has 21 heavy (non-hydrogen) atoms. The van der Waals surface area contributed by atoms with Crippen LogP contribution < -0.4 is 5.32 Å². The first-order chi connectivity index (χ1) is 10.2. The van der Waals surface area contributed by atoms with Gasteiger partial charge in [0.15, 0.2) is 0 Å². The summed E-state index contributed by atoms with van der Waals surface area (Å²) >= 11 is 0. The molecule has 2 aromatic rings. The summed E-state index contributed by atoms with van der Waals surface area (Å²) in [5.74, 6) is 0.0646. The van der Waals surface area contributed by atoms with Crippen LogP contribution in [0.15, 0.2) is 42.7 Å². The van der Waals surface area contributed by atoms with Crippen LogP contribution >= 0.6 is 0 Å². The Morgan fingerprint density at radius 1 is 1.29 bits per heavy atom. The SMILES string of the molecule is CCNC(=O)CN(CC)Cc1cnn(-c2ccccc2)c1. The van der Waals surface area contributed by atoms with Gasteiger partial charge >= 0.3 is 0 Å². The lowest BCUT2D eigenvalue weighted by atomic mass is 10.3. The van der Waals surface area contributed by atoms with Crippen molar-refractivity contribution in [2.24, 2.45) is 0 Å². The maximum atomic E-state index is 11.7. The molecule has 0 aliphatic carbocycles. The highest BCUT2D eigenvalue weighted by molar-refractivity contribution is 5.77. The van der Waals surface area contributed by atoms with Crippen LogP contribution in [0.2, 0.25) is 0 Å². The molecule has 0 saturated heterocycles. The van der Waals surface area contributed by atoms with Gasteiger partial charge in [0.1, 0.15) is 0 Å². The van der Waals surface area contributed by atoms with Crippen LogP contribution in [-0.2, 0) is 11.3 Å². The van der Waals surface area contributed by atoms with Gasteiger partial charge in [0.25, 0.3) is 0 Å². The zero-order chi connectivity index (χ0) is 15.1. The number of para-hydroxylation sites is 1. The van der Waals surface area contributed by atoms with Crippen molar-refractivity contribution in [1.29, 1.82) is 0 Å². The number of rotatable bonds is 7. The van der Waals surface area contributed by atoms with Crippen molar-refractivity contribution in [3.05, 3.63) is 48.3 Å². The third kappa shape index (κ3) is 4.43. The van der Waals surface area contributed by atoms with E-state index < -0.39 is 0 Å². The zero-order valence-electron chi connectivity index (χ0n) is 12.6. The van der Waals surface area contributed by atoms with E-state index in [1.807, 2.05) is 54.3 Å². The lowest BCUT2D eigenvalue weighted by Crippen LogP contribution is -2.36. The molecule has 1 amide bonds. The summed E-state index contributed by atoms with van der Waals surface area (Å²) in [4.78, 5) is 13.8. The predicted molar refractivity (Wildman–Crippen MR) is 83.2 cm³/mol. The zero-order valence-corrected chi connectivity index (χ0v) is 12.6. The van der Waals surface area contributed by atoms with Gasteiger partial charge in [-0.1, -0.05) is 25.1 Å². The molecule has 0 saturated carbocycles. The number of benzene rings is 1. The molecule has 5 heteroatoms. The summed E-state index contributed by atoms with van der Waals surface area (Å²) in [6.45, 7) is 6.62. The highest BCUT2D eigenvalue weighted by Crippen LogP contribution is 2.09. The minimum atomic E-state index is 0.0646. The first-order valence-corrected chi connectivity index (χ1v) is 7.31. The molecule has 0 unspecified atom stereocenters. The molecule has 1 aromatic heterocycles. The molecule has 1 aromatic carbocycles. The van der Waals surface area contributed by atoms with E-state index in [-0.39, 0.29) is 5.91 Å². The Morgan fingerprint density at radius 3 is 2.71 bits per heavy atom. The summed E-state index contributed by atoms with van der Waals surface area (Å²) in [6.07, 6.45) is 3.86. The van der Waals surface area contributed by atoms with Crippen LogP contribution in [0.5, 0.6) is 0 Å². The van der Waals surface area contributed by atoms with Gasteiger partial charge < -0.3 is 5.32 Å². The number of hydrogen-bond donors (Lipinski definition) is 1. The molecular weight excluding hydrogens is 264 g/mol. The lowest BCUT2D eigenvalue weighted by Gasteiger charge is -2.18. The van der Waals surface area contributed by atoms with Gasteiger partial charge in [-0.15, -0.1) is 0 Å². The van der Waals surface area contributed by atoms with Gasteiger partial charge in [-0.25, -0.2) is 4.68 Å². The Morgan fingerprint density at radius 2 is 2.05 bits per heavy atom. The Labute approximate surface area is 125 Å². The van der Waals surface area contributed by atoms with Crippen LogP contribution in [0.25, 0.3) is 5.69 Å². The number of nitrogens with zero attached hydrogens (tertiary/aromatic N) is 3. The molecule has 0 atom stereocenters. The van der Waals surface area contributed by atoms with Crippen molar-refractivity contribution in [3.63, 3.8) is 0 Å². The van der Waals surface area contributed by atoms with E-state index in [9.17, 15) is 4.79 Å². The fraction of sp³-hybridized carbons (Fsp3) is 0.375. The van der Waals surface area contributed by atoms with E-state index in [1.165, 1.54) is 0 Å². The number of amides is 1. The fourth-order valence-electron chi connectivity index (χ4n) is 2.16. The number of carbonyl (C=O) groups is 1. The Balaban J connectivity index is 1.99. The molecule has 0 radical (unpaired) electrons. The number of aromatic nitrogens is 2. The molecule has 2 rings (SSSR count). The monoisotopic (exact) mass is 286 g/mol. The lowest BCUT2D eigenvalue weighted by molar-refractivity contribution is -0.122. The molecule has 0 bridgehead atoms. The second-order valence-corrected chi connectivity index (χ2v) is 4.89. The van der Waals surface area contributed by atoms with Crippen LogP contribution in [-0.4, -0.2) is 40.2 Å². The summed E-state index contributed by atoms with van der Waals surface area (Å²) in [5, 5.41) is 7.20. The topological polar surface area (TPSA) is 50.2 Å². The van der Waals surface area contributed by atoms with E-state index in [1.54, 1.807) is 0 Å². The normalized spacial score (nSPS) is 10.8. The Hall–Kier alpha value is -2.14. The minimum Gasteiger partial charge on any atom is -0.355 e. The van der Waals surface area contributed by atoms with Gasteiger partial charge in [-0.05, 0) is 25.6 Å².